The van der Waals surface area contributed by atoms with Gasteiger partial charge in [0, 0.05) is 7.05 Å². The Hall–Kier alpha value is -3.19. The minimum Gasteiger partial charge on any atom is -0.471 e. The predicted octanol–water partition coefficient (Wildman–Crippen LogP) is -0.0990. The molecule has 0 spiro atoms. The van der Waals surface area contributed by atoms with Gasteiger partial charge in [-0.3, -0.25) is 0 Å². The molecule has 1 aliphatic rings. The summed E-state index contributed by atoms with van der Waals surface area (Å²) in [6.07, 6.45) is 0. The molecule has 1 unspecified atom stereocenters. The number of hydrogen-bond acceptors (Lipinski definition) is 9. The van der Waals surface area contributed by atoms with Crippen LogP contribution in [0.15, 0.2) is 39.1 Å². The fraction of sp³-hybridized carbons (Fsp3) is 0.333. The number of rotatable bonds is 6. The van der Waals surface area contributed by atoms with Gasteiger partial charge in [0.15, 0.2) is 6.61 Å². The summed E-state index contributed by atoms with van der Waals surface area (Å²) in [6.45, 7) is 2.57. The number of hydrogen-bond donors (Lipinski definition) is 1. The van der Waals surface area contributed by atoms with Gasteiger partial charge < -0.3 is 14.3 Å². The highest BCUT2D eigenvalue weighted by atomic mass is 32.2. The number of aromatic nitrogens is 3. The first kappa shape index (κ1) is 19.6. The fourth-order valence-corrected chi connectivity index (χ4v) is 2.95. The maximum atomic E-state index is 12.5. The lowest BCUT2D eigenvalue weighted by Gasteiger charge is -2.15. The molecule has 28 heavy (non-hydrogen) atoms. The summed E-state index contributed by atoms with van der Waals surface area (Å²) in [6, 6.07) is 5.37. The largest absolute Gasteiger partial charge is 0.471 e. The molecule has 1 amide bonds. The van der Waals surface area contributed by atoms with Gasteiger partial charge in [0.2, 0.25) is 11.1 Å². The highest BCUT2D eigenvalue weighted by Crippen LogP contribution is 2.17. The molecule has 0 radical (unpaired) electrons. The SMILES string of the molecule is CCOc1nn(C(=O)NOS(=O)c2ccccc2C2=NOCCO2)c(=O)n1C. The molecule has 12 nitrogen and oxygen atoms in total. The fourth-order valence-electron chi connectivity index (χ4n) is 2.19. The van der Waals surface area contributed by atoms with Crippen LogP contribution in [-0.2, 0) is 32.0 Å². The van der Waals surface area contributed by atoms with E-state index in [0.717, 1.165) is 4.57 Å². The lowest BCUT2D eigenvalue weighted by molar-refractivity contribution is 0.0653. The Morgan fingerprint density at radius 3 is 2.86 bits per heavy atom. The molecule has 1 N–H and O–H groups in total. The molecule has 1 aliphatic heterocycles. The molecule has 0 saturated heterocycles. The Morgan fingerprint density at radius 1 is 1.36 bits per heavy atom. The van der Waals surface area contributed by atoms with Crippen LogP contribution in [0.25, 0.3) is 0 Å². The second-order valence-electron chi connectivity index (χ2n) is 5.27. The zero-order chi connectivity index (χ0) is 20.1. The number of ether oxygens (including phenoxy) is 2. The summed E-state index contributed by atoms with van der Waals surface area (Å²) >= 11 is -2.13. The minimum absolute atomic E-state index is 0.0402. The Morgan fingerprint density at radius 2 is 2.14 bits per heavy atom. The van der Waals surface area contributed by atoms with Crippen molar-refractivity contribution < 1.29 is 27.6 Å². The number of carbonyl (C=O) groups is 1. The highest BCUT2D eigenvalue weighted by molar-refractivity contribution is 7.80. The van der Waals surface area contributed by atoms with E-state index in [4.69, 9.17) is 18.6 Å². The van der Waals surface area contributed by atoms with Gasteiger partial charge in [-0.05, 0) is 24.2 Å². The lowest BCUT2D eigenvalue weighted by atomic mass is 10.2. The van der Waals surface area contributed by atoms with Crippen molar-refractivity contribution in [2.75, 3.05) is 19.8 Å². The minimum atomic E-state index is -2.13. The quantitative estimate of drug-likeness (QED) is 0.651. The number of amides is 1. The third kappa shape index (κ3) is 4.04. The van der Waals surface area contributed by atoms with Gasteiger partial charge in [0.25, 0.3) is 5.90 Å². The Bertz CT molecular complexity index is 983. The first-order chi connectivity index (χ1) is 13.5. The number of carbonyl (C=O) groups excluding carboxylic acids is 1. The molecule has 3 rings (SSSR count). The van der Waals surface area contributed by atoms with Gasteiger partial charge in [-0.1, -0.05) is 12.1 Å². The normalized spacial score (nSPS) is 14.4. The van der Waals surface area contributed by atoms with Crippen LogP contribution in [0.5, 0.6) is 6.01 Å². The van der Waals surface area contributed by atoms with Crippen LogP contribution in [0.4, 0.5) is 4.79 Å². The van der Waals surface area contributed by atoms with Crippen molar-refractivity contribution in [2.45, 2.75) is 11.8 Å². The van der Waals surface area contributed by atoms with Gasteiger partial charge in [0.05, 0.1) is 17.1 Å². The molecular formula is C15H17N5O7S. The molecule has 1 aromatic heterocycles. The van der Waals surface area contributed by atoms with Gasteiger partial charge >= 0.3 is 17.7 Å². The second-order valence-corrected chi connectivity index (χ2v) is 6.34. The van der Waals surface area contributed by atoms with E-state index in [2.05, 4.69) is 10.3 Å². The Balaban J connectivity index is 1.73. The molecule has 1 aromatic carbocycles. The first-order valence-electron chi connectivity index (χ1n) is 8.13. The van der Waals surface area contributed by atoms with E-state index >= 15 is 0 Å². The summed E-state index contributed by atoms with van der Waals surface area (Å²) in [7, 11) is 1.40. The lowest BCUT2D eigenvalue weighted by Crippen LogP contribution is -2.37. The second kappa shape index (κ2) is 8.67. The van der Waals surface area contributed by atoms with E-state index < -0.39 is 22.8 Å². The third-order valence-electron chi connectivity index (χ3n) is 3.47. The molecule has 0 saturated carbocycles. The number of benzene rings is 1. The van der Waals surface area contributed by atoms with Gasteiger partial charge in [0.1, 0.15) is 6.61 Å². The molecule has 2 aromatic rings. The van der Waals surface area contributed by atoms with E-state index in [1.165, 1.54) is 13.1 Å². The van der Waals surface area contributed by atoms with Crippen LogP contribution in [-0.4, -0.2) is 50.3 Å². The van der Waals surface area contributed by atoms with Crippen LogP contribution >= 0.6 is 0 Å². The summed E-state index contributed by atoms with van der Waals surface area (Å²) in [5.74, 6) is 0.146. The van der Waals surface area contributed by atoms with E-state index in [1.807, 2.05) is 5.48 Å². The molecule has 13 heteroatoms. The van der Waals surface area contributed by atoms with Crippen LogP contribution in [0.1, 0.15) is 12.5 Å². The van der Waals surface area contributed by atoms with Crippen molar-refractivity contribution in [3.63, 3.8) is 0 Å². The van der Waals surface area contributed by atoms with Crippen molar-refractivity contribution >= 4 is 23.0 Å². The molecule has 2 heterocycles. The zero-order valence-electron chi connectivity index (χ0n) is 15.0. The van der Waals surface area contributed by atoms with E-state index in [9.17, 15) is 13.8 Å². The summed E-state index contributed by atoms with van der Waals surface area (Å²) in [5, 5.41) is 7.51. The Kier molecular flexibility index (Phi) is 6.06. The van der Waals surface area contributed by atoms with Crippen LogP contribution in [0, 0.1) is 0 Å². The summed E-state index contributed by atoms with van der Waals surface area (Å²) < 4.78 is 29.5. The number of nitrogens with one attached hydrogen (secondary N) is 1. The highest BCUT2D eigenvalue weighted by Gasteiger charge is 2.21. The standard InChI is InChI=1S/C15H17N5O7S/c1-3-24-14-16-20(15(22)19(14)2)13(21)18-27-28(23)11-7-5-4-6-10(11)12-17-26-9-8-25-12/h4-7H,3,8-9H2,1-2H3,(H,18,21). The molecular weight excluding hydrogens is 394 g/mol. The van der Waals surface area contributed by atoms with Crippen molar-refractivity contribution in [3.05, 3.63) is 40.3 Å². The summed E-state index contributed by atoms with van der Waals surface area (Å²) in [4.78, 5) is 29.3. The van der Waals surface area contributed by atoms with Gasteiger partial charge in [-0.15, -0.1) is 9.78 Å². The Labute approximate surface area is 161 Å². The molecule has 0 bridgehead atoms. The molecule has 150 valence electrons. The summed E-state index contributed by atoms with van der Waals surface area (Å²) in [5.41, 5.74) is 1.56. The monoisotopic (exact) mass is 411 g/mol. The molecule has 0 fully saturated rings. The maximum absolute atomic E-state index is 12.5. The average Bonchev–Trinajstić information content (AvgIpc) is 3.01. The number of hydroxylamine groups is 1. The van der Waals surface area contributed by atoms with E-state index in [0.29, 0.717) is 23.5 Å². The van der Waals surface area contributed by atoms with Gasteiger partial charge in [-0.2, -0.15) is 9.76 Å². The van der Waals surface area contributed by atoms with Crippen LogP contribution in [0.3, 0.4) is 0 Å². The average molecular weight is 411 g/mol. The van der Waals surface area contributed by atoms with Crippen LogP contribution in [0.2, 0.25) is 0 Å². The topological polar surface area (TPSA) is 135 Å². The smallest absolute Gasteiger partial charge is 0.371 e. The predicted molar refractivity (Wildman–Crippen MR) is 94.9 cm³/mol. The van der Waals surface area contributed by atoms with Crippen molar-refractivity contribution in [3.8, 4) is 6.01 Å². The molecule has 0 aliphatic carbocycles. The zero-order valence-corrected chi connectivity index (χ0v) is 15.8. The van der Waals surface area contributed by atoms with Crippen molar-refractivity contribution in [2.24, 2.45) is 12.2 Å². The number of oxime groups is 1. The number of nitrogens with zero attached hydrogens (tertiary/aromatic N) is 4. The molecule has 1 atom stereocenters. The van der Waals surface area contributed by atoms with E-state index in [-0.39, 0.29) is 23.4 Å². The first-order valence-corrected chi connectivity index (χ1v) is 9.20. The van der Waals surface area contributed by atoms with Gasteiger partial charge in [-0.25, -0.2) is 18.4 Å². The van der Waals surface area contributed by atoms with E-state index in [1.54, 1.807) is 25.1 Å². The van der Waals surface area contributed by atoms with Crippen molar-refractivity contribution in [1.82, 2.24) is 19.8 Å². The van der Waals surface area contributed by atoms with Crippen molar-refractivity contribution in [1.29, 1.82) is 0 Å². The van der Waals surface area contributed by atoms with Crippen LogP contribution < -0.4 is 15.9 Å². The third-order valence-corrected chi connectivity index (χ3v) is 4.42. The maximum Gasteiger partial charge on any atom is 0.371 e.